The van der Waals surface area contributed by atoms with Crippen LogP contribution in [0.1, 0.15) is 11.3 Å². The van der Waals surface area contributed by atoms with E-state index < -0.39 is 38.6 Å². The van der Waals surface area contributed by atoms with Crippen LogP contribution in [0.5, 0.6) is 5.75 Å². The predicted molar refractivity (Wildman–Crippen MR) is 119 cm³/mol. The summed E-state index contributed by atoms with van der Waals surface area (Å²) in [5.74, 6) is -0.970. The van der Waals surface area contributed by atoms with E-state index >= 15 is 0 Å². The van der Waals surface area contributed by atoms with Crippen molar-refractivity contribution in [3.8, 4) is 5.75 Å². The number of hydrogen-bond acceptors (Lipinski definition) is 5. The van der Waals surface area contributed by atoms with Crippen molar-refractivity contribution in [3.05, 3.63) is 81.0 Å². The van der Waals surface area contributed by atoms with Gasteiger partial charge in [0.05, 0.1) is 17.7 Å². The van der Waals surface area contributed by atoms with Gasteiger partial charge in [0.25, 0.3) is 5.56 Å². The van der Waals surface area contributed by atoms with Crippen molar-refractivity contribution < 1.29 is 22.3 Å². The van der Waals surface area contributed by atoms with E-state index in [0.717, 1.165) is 10.6 Å². The monoisotopic (exact) mass is 478 g/mol. The van der Waals surface area contributed by atoms with Crippen molar-refractivity contribution in [1.29, 1.82) is 0 Å². The second-order valence-corrected chi connectivity index (χ2v) is 9.36. The Bertz CT molecular complexity index is 1350. The van der Waals surface area contributed by atoms with Crippen LogP contribution in [0.3, 0.4) is 0 Å². The summed E-state index contributed by atoms with van der Waals surface area (Å²) in [5.41, 5.74) is -0.315. The van der Waals surface area contributed by atoms with Crippen molar-refractivity contribution in [3.63, 3.8) is 0 Å². The van der Waals surface area contributed by atoms with Crippen LogP contribution in [0.15, 0.2) is 63.1 Å². The summed E-state index contributed by atoms with van der Waals surface area (Å²) in [6.07, 6.45) is 0. The summed E-state index contributed by atoms with van der Waals surface area (Å²) in [4.78, 5) is 25.1. The molecule has 32 heavy (non-hydrogen) atoms. The molecule has 2 aromatic carbocycles. The summed E-state index contributed by atoms with van der Waals surface area (Å²) in [6, 6.07) is 10.9. The van der Waals surface area contributed by atoms with Gasteiger partial charge < -0.3 is 14.6 Å². The smallest absolute Gasteiger partial charge is 0.270 e. The molecule has 0 bridgehead atoms. The zero-order valence-electron chi connectivity index (χ0n) is 17.5. The number of nitrogens with one attached hydrogen (secondary N) is 1. The molecule has 168 valence electrons. The van der Waals surface area contributed by atoms with Crippen molar-refractivity contribution >= 4 is 33.0 Å². The number of carbonyl (C=O) groups is 1. The third-order valence-electron chi connectivity index (χ3n) is 4.79. The maximum atomic E-state index is 14.0. The van der Waals surface area contributed by atoms with Crippen LogP contribution < -0.4 is 15.6 Å². The Morgan fingerprint density at radius 1 is 1.12 bits per heavy atom. The van der Waals surface area contributed by atoms with Gasteiger partial charge >= 0.3 is 0 Å². The minimum absolute atomic E-state index is 0.0819. The maximum Gasteiger partial charge on any atom is 0.270 e. The van der Waals surface area contributed by atoms with Crippen LogP contribution in [0, 0.1) is 19.7 Å². The summed E-state index contributed by atoms with van der Waals surface area (Å²) >= 11 is 5.71. The number of carbonyl (C=O) groups excluding carboxylic acids is 1. The number of pyridine rings is 1. The van der Waals surface area contributed by atoms with Gasteiger partial charge in [0.2, 0.25) is 15.7 Å². The molecule has 1 amide bonds. The molecule has 1 N–H and O–H groups in total. The highest BCUT2D eigenvalue weighted by atomic mass is 35.5. The predicted octanol–water partition coefficient (Wildman–Crippen LogP) is 3.74. The molecule has 10 heteroatoms. The second kappa shape index (κ2) is 9.13. The van der Waals surface area contributed by atoms with E-state index in [4.69, 9.17) is 16.3 Å². The SMILES string of the molecule is COc1ccc(S(=O)(=O)c2c(C)cc(C)n(CC(=O)Nc3ccc(Cl)cc3F)c2=O)cc1. The molecule has 0 fully saturated rings. The first kappa shape index (κ1) is 23.5. The van der Waals surface area contributed by atoms with E-state index in [2.05, 4.69) is 5.32 Å². The number of halogens is 2. The van der Waals surface area contributed by atoms with Crippen molar-refractivity contribution in [2.75, 3.05) is 12.4 Å². The van der Waals surface area contributed by atoms with Crippen LogP contribution in [0.4, 0.5) is 10.1 Å². The fourth-order valence-corrected chi connectivity index (χ4v) is 4.94. The van der Waals surface area contributed by atoms with Gasteiger partial charge in [0.1, 0.15) is 23.0 Å². The number of ether oxygens (including phenoxy) is 1. The van der Waals surface area contributed by atoms with Gasteiger partial charge in [-0.3, -0.25) is 9.59 Å². The molecule has 0 radical (unpaired) electrons. The maximum absolute atomic E-state index is 14.0. The summed E-state index contributed by atoms with van der Waals surface area (Å²) in [5, 5.41) is 2.53. The Balaban J connectivity index is 1.99. The highest BCUT2D eigenvalue weighted by molar-refractivity contribution is 7.91. The minimum atomic E-state index is -4.17. The van der Waals surface area contributed by atoms with Gasteiger partial charge in [-0.1, -0.05) is 11.6 Å². The average Bonchev–Trinajstić information content (AvgIpc) is 2.73. The van der Waals surface area contributed by atoms with Crippen LogP contribution >= 0.6 is 11.6 Å². The number of methoxy groups -OCH3 is 1. The minimum Gasteiger partial charge on any atom is -0.497 e. The Labute approximate surface area is 189 Å². The normalized spacial score (nSPS) is 11.3. The lowest BCUT2D eigenvalue weighted by atomic mass is 10.2. The lowest BCUT2D eigenvalue weighted by Gasteiger charge is -2.15. The molecule has 1 heterocycles. The molecule has 0 spiro atoms. The third-order valence-corrected chi connectivity index (χ3v) is 6.96. The van der Waals surface area contributed by atoms with Crippen molar-refractivity contribution in [1.82, 2.24) is 4.57 Å². The molecule has 0 atom stereocenters. The molecule has 0 saturated heterocycles. The molecule has 3 rings (SSSR count). The summed E-state index contributed by atoms with van der Waals surface area (Å²) < 4.78 is 46.4. The topological polar surface area (TPSA) is 94.5 Å². The first-order valence-electron chi connectivity index (χ1n) is 9.39. The average molecular weight is 479 g/mol. The summed E-state index contributed by atoms with van der Waals surface area (Å²) in [7, 11) is -2.71. The van der Waals surface area contributed by atoms with Crippen LogP contribution in [-0.4, -0.2) is 26.0 Å². The number of rotatable bonds is 6. The number of benzene rings is 2. The van der Waals surface area contributed by atoms with Crippen LogP contribution in [0.2, 0.25) is 5.02 Å². The van der Waals surface area contributed by atoms with E-state index in [1.807, 2.05) is 0 Å². The molecular weight excluding hydrogens is 459 g/mol. The van der Waals surface area contributed by atoms with E-state index in [1.165, 1.54) is 56.5 Å². The number of aromatic nitrogens is 1. The largest absolute Gasteiger partial charge is 0.497 e. The van der Waals surface area contributed by atoms with E-state index in [0.29, 0.717) is 11.4 Å². The van der Waals surface area contributed by atoms with Gasteiger partial charge in [-0.05, 0) is 67.9 Å². The van der Waals surface area contributed by atoms with E-state index in [9.17, 15) is 22.4 Å². The lowest BCUT2D eigenvalue weighted by molar-refractivity contribution is -0.116. The molecule has 0 aliphatic rings. The molecule has 3 aromatic rings. The molecular formula is C22H20ClFN2O5S. The highest BCUT2D eigenvalue weighted by Gasteiger charge is 2.26. The van der Waals surface area contributed by atoms with Gasteiger partial charge in [-0.15, -0.1) is 0 Å². The molecule has 1 aromatic heterocycles. The zero-order chi connectivity index (χ0) is 23.6. The molecule has 0 unspecified atom stereocenters. The number of amides is 1. The van der Waals surface area contributed by atoms with Crippen LogP contribution in [0.25, 0.3) is 0 Å². The van der Waals surface area contributed by atoms with Gasteiger partial charge in [0, 0.05) is 10.7 Å². The van der Waals surface area contributed by atoms with E-state index in [1.54, 1.807) is 6.92 Å². The lowest BCUT2D eigenvalue weighted by Crippen LogP contribution is -2.33. The molecule has 0 aliphatic heterocycles. The zero-order valence-corrected chi connectivity index (χ0v) is 19.1. The van der Waals surface area contributed by atoms with Gasteiger partial charge in [0.15, 0.2) is 0 Å². The fraction of sp³-hybridized carbons (Fsp3) is 0.182. The van der Waals surface area contributed by atoms with E-state index in [-0.39, 0.29) is 21.2 Å². The fourth-order valence-electron chi connectivity index (χ4n) is 3.23. The van der Waals surface area contributed by atoms with Crippen molar-refractivity contribution in [2.24, 2.45) is 0 Å². The number of anilines is 1. The number of aryl methyl sites for hydroxylation is 2. The van der Waals surface area contributed by atoms with Crippen LogP contribution in [-0.2, 0) is 21.2 Å². The Morgan fingerprint density at radius 2 is 1.78 bits per heavy atom. The quantitative estimate of drug-likeness (QED) is 0.582. The number of hydrogen-bond donors (Lipinski definition) is 1. The Kier molecular flexibility index (Phi) is 6.71. The summed E-state index contributed by atoms with van der Waals surface area (Å²) in [6.45, 7) is 2.59. The molecule has 0 saturated carbocycles. The van der Waals surface area contributed by atoms with Crippen molar-refractivity contribution in [2.45, 2.75) is 30.2 Å². The third kappa shape index (κ3) is 4.68. The molecule has 7 nitrogen and oxygen atoms in total. The Morgan fingerprint density at radius 3 is 2.38 bits per heavy atom. The van der Waals surface area contributed by atoms with Gasteiger partial charge in [-0.2, -0.15) is 0 Å². The van der Waals surface area contributed by atoms with Gasteiger partial charge in [-0.25, -0.2) is 12.8 Å². The number of nitrogens with zero attached hydrogens (tertiary/aromatic N) is 1. The first-order valence-corrected chi connectivity index (χ1v) is 11.3. The molecule has 0 aliphatic carbocycles. The first-order chi connectivity index (χ1) is 15.0. The standard InChI is InChI=1S/C22H20ClFN2O5S/c1-13-10-14(2)26(12-20(27)25-19-9-4-15(23)11-18(19)24)22(28)21(13)32(29,30)17-7-5-16(31-3)6-8-17/h4-11H,12H2,1-3H3,(H,25,27). The second-order valence-electron chi connectivity index (χ2n) is 7.04. The Hall–Kier alpha value is -3.17. The number of sulfone groups is 1. The highest BCUT2D eigenvalue weighted by Crippen LogP contribution is 2.24.